The molecule has 2 N–H and O–H groups in total. The topological polar surface area (TPSA) is 41.5 Å². The lowest BCUT2D eigenvalue weighted by atomic mass is 9.83. The van der Waals surface area contributed by atoms with Crippen molar-refractivity contribution in [2.45, 2.75) is 52.6 Å². The predicted molar refractivity (Wildman–Crippen MR) is 66.5 cm³/mol. The third-order valence-corrected chi connectivity index (χ3v) is 3.60. The highest BCUT2D eigenvalue weighted by atomic mass is 16.5. The second-order valence-corrected chi connectivity index (χ2v) is 6.01. The Balaban J connectivity index is 2.46. The molecule has 3 nitrogen and oxygen atoms in total. The molecule has 3 unspecified atom stereocenters. The smallest absolute Gasteiger partial charge is 0.0509 e. The van der Waals surface area contributed by atoms with Crippen molar-refractivity contribution in [1.29, 1.82) is 0 Å². The molecule has 3 heteroatoms. The SMILES string of the molecule is CC(NC(CCO)C(C)(C)C)C1CCOC1. The van der Waals surface area contributed by atoms with Crippen molar-refractivity contribution in [2.24, 2.45) is 11.3 Å². The van der Waals surface area contributed by atoms with E-state index in [1.54, 1.807) is 0 Å². The lowest BCUT2D eigenvalue weighted by molar-refractivity contribution is 0.155. The van der Waals surface area contributed by atoms with Crippen molar-refractivity contribution in [1.82, 2.24) is 5.32 Å². The number of hydrogen-bond acceptors (Lipinski definition) is 3. The Morgan fingerprint density at radius 3 is 2.56 bits per heavy atom. The second-order valence-electron chi connectivity index (χ2n) is 6.01. The van der Waals surface area contributed by atoms with Crippen molar-refractivity contribution in [2.75, 3.05) is 19.8 Å². The molecule has 0 saturated carbocycles. The Kier molecular flexibility index (Phi) is 5.22. The molecule has 0 aliphatic carbocycles. The quantitative estimate of drug-likeness (QED) is 0.755. The van der Waals surface area contributed by atoms with Gasteiger partial charge in [-0.2, -0.15) is 0 Å². The maximum atomic E-state index is 9.11. The number of hydrogen-bond donors (Lipinski definition) is 2. The maximum absolute atomic E-state index is 9.11. The Hall–Kier alpha value is -0.120. The summed E-state index contributed by atoms with van der Waals surface area (Å²) in [6.45, 7) is 10.9. The lowest BCUT2D eigenvalue weighted by Crippen LogP contribution is -2.48. The maximum Gasteiger partial charge on any atom is 0.0509 e. The Morgan fingerprint density at radius 1 is 1.44 bits per heavy atom. The average Bonchev–Trinajstić information content (AvgIpc) is 2.68. The monoisotopic (exact) mass is 229 g/mol. The molecule has 1 rings (SSSR count). The standard InChI is InChI=1S/C13H27NO2/c1-10(11-6-8-16-9-11)14-12(5-7-15)13(2,3)4/h10-12,14-15H,5-9H2,1-4H3. The van der Waals surface area contributed by atoms with Crippen LogP contribution in [-0.2, 0) is 4.74 Å². The minimum Gasteiger partial charge on any atom is -0.396 e. The van der Waals surface area contributed by atoms with Crippen LogP contribution in [0, 0.1) is 11.3 Å². The number of ether oxygens (including phenoxy) is 1. The molecule has 96 valence electrons. The largest absolute Gasteiger partial charge is 0.396 e. The zero-order valence-corrected chi connectivity index (χ0v) is 11.1. The van der Waals surface area contributed by atoms with Crippen LogP contribution in [-0.4, -0.2) is 37.0 Å². The van der Waals surface area contributed by atoms with Crippen LogP contribution in [0.15, 0.2) is 0 Å². The van der Waals surface area contributed by atoms with Gasteiger partial charge >= 0.3 is 0 Å². The van der Waals surface area contributed by atoms with Crippen LogP contribution < -0.4 is 5.32 Å². The number of aliphatic hydroxyl groups is 1. The van der Waals surface area contributed by atoms with Gasteiger partial charge in [0.05, 0.1) is 6.61 Å². The first kappa shape index (κ1) is 13.9. The molecule has 1 fully saturated rings. The van der Waals surface area contributed by atoms with Crippen LogP contribution in [0.2, 0.25) is 0 Å². The first-order chi connectivity index (χ1) is 7.45. The molecular formula is C13H27NO2. The van der Waals surface area contributed by atoms with E-state index in [9.17, 15) is 0 Å². The van der Waals surface area contributed by atoms with Gasteiger partial charge in [0, 0.05) is 25.3 Å². The average molecular weight is 229 g/mol. The summed E-state index contributed by atoms with van der Waals surface area (Å²) in [5, 5.41) is 12.8. The van der Waals surface area contributed by atoms with Crippen molar-refractivity contribution in [3.05, 3.63) is 0 Å². The van der Waals surface area contributed by atoms with Crippen molar-refractivity contribution in [3.8, 4) is 0 Å². The zero-order chi connectivity index (χ0) is 12.2. The van der Waals surface area contributed by atoms with Gasteiger partial charge in [0.1, 0.15) is 0 Å². The Morgan fingerprint density at radius 2 is 2.12 bits per heavy atom. The first-order valence-electron chi connectivity index (χ1n) is 6.40. The van der Waals surface area contributed by atoms with Gasteiger partial charge in [-0.15, -0.1) is 0 Å². The molecule has 3 atom stereocenters. The minimum absolute atomic E-state index is 0.191. The summed E-state index contributed by atoms with van der Waals surface area (Å²) in [6.07, 6.45) is 1.98. The van der Waals surface area contributed by atoms with Gasteiger partial charge < -0.3 is 15.2 Å². The van der Waals surface area contributed by atoms with E-state index in [4.69, 9.17) is 9.84 Å². The molecule has 0 aromatic heterocycles. The minimum atomic E-state index is 0.191. The van der Waals surface area contributed by atoms with E-state index >= 15 is 0 Å². The third-order valence-electron chi connectivity index (χ3n) is 3.60. The molecule has 0 spiro atoms. The van der Waals surface area contributed by atoms with Crippen LogP contribution in [0.1, 0.15) is 40.5 Å². The summed E-state index contributed by atoms with van der Waals surface area (Å²) in [5.41, 5.74) is 0.191. The summed E-state index contributed by atoms with van der Waals surface area (Å²) >= 11 is 0. The van der Waals surface area contributed by atoms with Gasteiger partial charge in [-0.1, -0.05) is 20.8 Å². The van der Waals surface area contributed by atoms with Crippen molar-refractivity contribution in [3.63, 3.8) is 0 Å². The fourth-order valence-electron chi connectivity index (χ4n) is 2.30. The Labute approximate surface area is 99.6 Å². The molecule has 1 heterocycles. The Bertz CT molecular complexity index is 195. The van der Waals surface area contributed by atoms with E-state index in [1.165, 1.54) is 0 Å². The molecule has 16 heavy (non-hydrogen) atoms. The molecule has 1 aliphatic heterocycles. The molecular weight excluding hydrogens is 202 g/mol. The van der Waals surface area contributed by atoms with Gasteiger partial charge in [0.2, 0.25) is 0 Å². The normalized spacial score (nSPS) is 25.7. The van der Waals surface area contributed by atoms with E-state index < -0.39 is 0 Å². The molecule has 0 aromatic rings. The summed E-state index contributed by atoms with van der Waals surface area (Å²) in [5.74, 6) is 0.628. The van der Waals surface area contributed by atoms with Crippen LogP contribution in [0.25, 0.3) is 0 Å². The molecule has 0 amide bonds. The molecule has 0 bridgehead atoms. The van der Waals surface area contributed by atoms with Crippen molar-refractivity contribution < 1.29 is 9.84 Å². The second kappa shape index (κ2) is 5.99. The van der Waals surface area contributed by atoms with Crippen LogP contribution in [0.3, 0.4) is 0 Å². The molecule has 0 radical (unpaired) electrons. The highest BCUT2D eigenvalue weighted by Crippen LogP contribution is 2.24. The predicted octanol–water partition coefficient (Wildman–Crippen LogP) is 1.80. The lowest BCUT2D eigenvalue weighted by Gasteiger charge is -2.35. The third kappa shape index (κ3) is 4.04. The summed E-state index contributed by atoms with van der Waals surface area (Å²) in [6, 6.07) is 0.839. The highest BCUT2D eigenvalue weighted by molar-refractivity contribution is 4.85. The highest BCUT2D eigenvalue weighted by Gasteiger charge is 2.29. The summed E-state index contributed by atoms with van der Waals surface area (Å²) in [4.78, 5) is 0. The number of aliphatic hydroxyl groups excluding tert-OH is 1. The van der Waals surface area contributed by atoms with E-state index in [0.29, 0.717) is 18.0 Å². The molecule has 1 saturated heterocycles. The molecule has 0 aromatic carbocycles. The first-order valence-corrected chi connectivity index (χ1v) is 6.40. The van der Waals surface area contributed by atoms with Gasteiger partial charge in [-0.3, -0.25) is 0 Å². The van der Waals surface area contributed by atoms with Crippen LogP contribution >= 0.6 is 0 Å². The van der Waals surface area contributed by atoms with Gasteiger partial charge in [0.25, 0.3) is 0 Å². The fourth-order valence-corrected chi connectivity index (χ4v) is 2.30. The van der Waals surface area contributed by atoms with E-state index in [-0.39, 0.29) is 12.0 Å². The summed E-state index contributed by atoms with van der Waals surface area (Å²) in [7, 11) is 0. The van der Waals surface area contributed by atoms with Crippen LogP contribution in [0.4, 0.5) is 0 Å². The number of rotatable bonds is 5. The van der Waals surface area contributed by atoms with Gasteiger partial charge in [-0.25, -0.2) is 0 Å². The van der Waals surface area contributed by atoms with Gasteiger partial charge in [-0.05, 0) is 31.1 Å². The number of nitrogens with one attached hydrogen (secondary N) is 1. The van der Waals surface area contributed by atoms with E-state index in [1.807, 2.05) is 0 Å². The van der Waals surface area contributed by atoms with E-state index in [0.717, 1.165) is 26.1 Å². The summed E-state index contributed by atoms with van der Waals surface area (Å²) < 4.78 is 5.42. The van der Waals surface area contributed by atoms with E-state index in [2.05, 4.69) is 33.0 Å². The zero-order valence-electron chi connectivity index (χ0n) is 11.1. The van der Waals surface area contributed by atoms with Crippen molar-refractivity contribution >= 4 is 0 Å². The molecule has 1 aliphatic rings. The fraction of sp³-hybridized carbons (Fsp3) is 1.00. The van der Waals surface area contributed by atoms with Gasteiger partial charge in [0.15, 0.2) is 0 Å². The van der Waals surface area contributed by atoms with Crippen LogP contribution in [0.5, 0.6) is 0 Å².